The van der Waals surface area contributed by atoms with E-state index >= 15 is 0 Å². The zero-order valence-corrected chi connectivity index (χ0v) is 24.9. The molecule has 2 aromatic rings. The van der Waals surface area contributed by atoms with Gasteiger partial charge in [0.15, 0.2) is 0 Å². The Hall–Kier alpha value is -3.32. The second-order valence-corrected chi connectivity index (χ2v) is 9.82. The fraction of sp³-hybridized carbons (Fsp3) is 0.469. The van der Waals surface area contributed by atoms with Crippen LogP contribution in [0.5, 0.6) is 5.75 Å². The van der Waals surface area contributed by atoms with Gasteiger partial charge in [0.25, 0.3) is 5.09 Å². The lowest BCUT2D eigenvalue weighted by atomic mass is 9.99. The first kappa shape index (κ1) is 34.7. The molecule has 220 valence electrons. The number of halogens is 1. The van der Waals surface area contributed by atoms with Crippen molar-refractivity contribution in [2.24, 2.45) is 5.92 Å². The maximum absolute atomic E-state index is 11.6. The number of carbonyl (C=O) groups excluding carboxylic acids is 1. The quantitative estimate of drug-likeness (QED) is 0.0835. The molecule has 0 saturated heterocycles. The van der Waals surface area contributed by atoms with E-state index in [4.69, 9.17) is 16.3 Å². The van der Waals surface area contributed by atoms with Crippen LogP contribution in [0, 0.1) is 16.0 Å². The van der Waals surface area contributed by atoms with Crippen molar-refractivity contribution in [3.8, 4) is 5.75 Å². The molecule has 0 aliphatic carbocycles. The highest BCUT2D eigenvalue weighted by atomic mass is 35.5. The first-order valence-corrected chi connectivity index (χ1v) is 14.5. The normalized spacial score (nSPS) is 11.6. The predicted octanol–water partition coefficient (Wildman–Crippen LogP) is 8.64. The van der Waals surface area contributed by atoms with Crippen LogP contribution in [-0.2, 0) is 22.8 Å². The maximum atomic E-state index is 11.6. The molecule has 0 aliphatic rings. The number of benzene rings is 2. The largest absolute Gasteiger partial charge is 0.493 e. The molecule has 1 N–H and O–H groups in total. The van der Waals surface area contributed by atoms with Crippen LogP contribution in [0.4, 0.5) is 0 Å². The van der Waals surface area contributed by atoms with E-state index in [1.165, 1.54) is 25.7 Å². The summed E-state index contributed by atoms with van der Waals surface area (Å²) in [6.07, 6.45) is 16.9. The second-order valence-electron chi connectivity index (χ2n) is 9.39. The second kappa shape index (κ2) is 22.5. The average molecular weight is 573 g/mol. The number of hydrogen-bond acceptors (Lipinski definition) is 5. The van der Waals surface area contributed by atoms with Crippen LogP contribution >= 0.6 is 11.6 Å². The molecule has 0 fully saturated rings. The monoisotopic (exact) mass is 572 g/mol. The van der Waals surface area contributed by atoms with Crippen LogP contribution in [0.15, 0.2) is 72.8 Å². The lowest BCUT2D eigenvalue weighted by Gasteiger charge is -2.09. The molecule has 2 aromatic carbocycles. The Balaban J connectivity index is 0.000000402. The molecule has 7 nitrogen and oxygen atoms in total. The van der Waals surface area contributed by atoms with Crippen molar-refractivity contribution in [3.63, 3.8) is 0 Å². The summed E-state index contributed by atoms with van der Waals surface area (Å²) in [4.78, 5) is 26.1. The molecule has 0 heterocycles. The maximum Gasteiger partial charge on any atom is 0.294 e. The van der Waals surface area contributed by atoms with Crippen LogP contribution in [0.2, 0.25) is 5.02 Å². The Morgan fingerprint density at radius 1 is 1.07 bits per heavy atom. The van der Waals surface area contributed by atoms with Crippen molar-refractivity contribution in [2.75, 3.05) is 6.61 Å². The first-order chi connectivity index (χ1) is 19.4. The van der Waals surface area contributed by atoms with Gasteiger partial charge < -0.3 is 14.9 Å². The minimum Gasteiger partial charge on any atom is -0.493 e. The Kier molecular flexibility index (Phi) is 19.5. The van der Waals surface area contributed by atoms with Gasteiger partial charge in [0.2, 0.25) is 5.91 Å². The minimum absolute atomic E-state index is 0.00597. The van der Waals surface area contributed by atoms with Gasteiger partial charge in [0.05, 0.1) is 6.61 Å². The fourth-order valence-electron chi connectivity index (χ4n) is 3.79. The van der Waals surface area contributed by atoms with Gasteiger partial charge in [-0.15, -0.1) is 10.1 Å². The van der Waals surface area contributed by atoms with Crippen molar-refractivity contribution in [2.45, 2.75) is 85.3 Å². The van der Waals surface area contributed by atoms with Gasteiger partial charge in [0, 0.05) is 18.0 Å². The molecule has 0 aromatic heterocycles. The van der Waals surface area contributed by atoms with Gasteiger partial charge >= 0.3 is 0 Å². The Morgan fingerprint density at radius 3 is 2.55 bits per heavy atom. The van der Waals surface area contributed by atoms with Gasteiger partial charge in [-0.2, -0.15) is 0 Å². The molecule has 0 bridgehead atoms. The van der Waals surface area contributed by atoms with Crippen LogP contribution in [0.25, 0.3) is 0 Å². The van der Waals surface area contributed by atoms with Gasteiger partial charge in [-0.25, -0.2) is 0 Å². The zero-order chi connectivity index (χ0) is 29.4. The number of ether oxygens (including phenoxy) is 1. The van der Waals surface area contributed by atoms with Crippen molar-refractivity contribution < 1.29 is 19.5 Å². The predicted molar refractivity (Wildman–Crippen MR) is 163 cm³/mol. The number of amides is 1. The number of unbranched alkanes of at least 4 members (excludes halogenated alkanes) is 2. The van der Waals surface area contributed by atoms with Crippen molar-refractivity contribution in [1.82, 2.24) is 5.32 Å². The first-order valence-electron chi connectivity index (χ1n) is 14.2. The summed E-state index contributed by atoms with van der Waals surface area (Å²) in [7, 11) is 0. The lowest BCUT2D eigenvalue weighted by Crippen LogP contribution is -2.22. The van der Waals surface area contributed by atoms with Crippen LogP contribution < -0.4 is 10.1 Å². The van der Waals surface area contributed by atoms with Crippen LogP contribution in [-0.4, -0.2) is 17.6 Å². The molecular weight excluding hydrogens is 528 g/mol. The SMILES string of the molecule is C/C=C\CCCC(=O)NCc1cccc(CO[N+](=O)[O-])c1.CCCCC(/C=C/CCOc1cccc(Cl)c1)CC. The molecule has 1 unspecified atom stereocenters. The van der Waals surface area contributed by atoms with Crippen molar-refractivity contribution in [1.29, 1.82) is 0 Å². The summed E-state index contributed by atoms with van der Waals surface area (Å²) in [5.41, 5.74) is 1.59. The van der Waals surface area contributed by atoms with Crippen molar-refractivity contribution in [3.05, 3.63) is 99.1 Å². The lowest BCUT2D eigenvalue weighted by molar-refractivity contribution is -0.763. The number of allylic oxidation sites excluding steroid dienone is 3. The third-order valence-corrected chi connectivity index (χ3v) is 6.27. The van der Waals surface area contributed by atoms with Crippen LogP contribution in [0.1, 0.15) is 83.3 Å². The highest BCUT2D eigenvalue weighted by Gasteiger charge is 2.03. The Morgan fingerprint density at radius 2 is 1.85 bits per heavy atom. The van der Waals surface area contributed by atoms with E-state index in [2.05, 4.69) is 36.2 Å². The minimum atomic E-state index is -0.820. The summed E-state index contributed by atoms with van der Waals surface area (Å²) in [6.45, 7) is 7.49. The third kappa shape index (κ3) is 18.1. The average Bonchev–Trinajstić information content (AvgIpc) is 2.95. The highest BCUT2D eigenvalue weighted by molar-refractivity contribution is 6.30. The summed E-state index contributed by atoms with van der Waals surface area (Å²) in [5.74, 6) is 1.58. The smallest absolute Gasteiger partial charge is 0.294 e. The summed E-state index contributed by atoms with van der Waals surface area (Å²) >= 11 is 5.90. The van der Waals surface area contributed by atoms with Gasteiger partial charge in [-0.1, -0.05) is 92.9 Å². The van der Waals surface area contributed by atoms with E-state index in [0.717, 1.165) is 41.5 Å². The van der Waals surface area contributed by atoms with Gasteiger partial charge in [0.1, 0.15) is 12.4 Å². The number of hydrogen-bond donors (Lipinski definition) is 1. The number of rotatable bonds is 18. The molecule has 0 saturated carbocycles. The summed E-state index contributed by atoms with van der Waals surface area (Å²) in [6, 6.07) is 14.7. The summed E-state index contributed by atoms with van der Waals surface area (Å²) in [5, 5.41) is 12.9. The van der Waals surface area contributed by atoms with Gasteiger partial charge in [-0.3, -0.25) is 4.79 Å². The van der Waals surface area contributed by atoms with E-state index in [1.54, 1.807) is 18.2 Å². The third-order valence-electron chi connectivity index (χ3n) is 6.04. The molecule has 0 spiro atoms. The number of nitrogens with zero attached hydrogens (tertiary/aromatic N) is 1. The zero-order valence-electron chi connectivity index (χ0n) is 24.2. The molecule has 0 aliphatic heterocycles. The standard InChI is InChI=1S/C17H25ClO.C15H20N2O4/c1-3-5-9-15(4-2)10-6-7-13-19-17-12-8-11-16(18)14-17;1-2-3-4-5-9-15(18)16-11-13-7-6-8-14(10-13)12-21-17(19)20/h6,8,10-12,14-15H,3-5,7,9,13H2,1-2H3;2-3,6-8,10H,4-5,9,11-12H2,1H3,(H,16,18)/b10-6+;3-2-. The molecule has 0 radical (unpaired) electrons. The Labute approximate surface area is 244 Å². The molecular formula is C32H45ClN2O5. The van der Waals surface area contributed by atoms with E-state index < -0.39 is 5.09 Å². The van der Waals surface area contributed by atoms with Crippen LogP contribution in [0.3, 0.4) is 0 Å². The molecule has 40 heavy (non-hydrogen) atoms. The topological polar surface area (TPSA) is 90.7 Å². The van der Waals surface area contributed by atoms with E-state index in [0.29, 0.717) is 25.1 Å². The molecule has 1 atom stereocenters. The fourth-order valence-corrected chi connectivity index (χ4v) is 3.97. The highest BCUT2D eigenvalue weighted by Crippen LogP contribution is 2.18. The van der Waals surface area contributed by atoms with Crippen molar-refractivity contribution >= 4 is 17.5 Å². The van der Waals surface area contributed by atoms with E-state index in [-0.39, 0.29) is 12.5 Å². The van der Waals surface area contributed by atoms with E-state index in [9.17, 15) is 14.9 Å². The summed E-state index contributed by atoms with van der Waals surface area (Å²) < 4.78 is 5.65. The number of carbonyl (C=O) groups is 1. The molecule has 2 rings (SSSR count). The van der Waals surface area contributed by atoms with E-state index in [1.807, 2.05) is 49.4 Å². The molecule has 8 heteroatoms. The number of nitrogens with one attached hydrogen (secondary N) is 1. The van der Waals surface area contributed by atoms with Gasteiger partial charge in [-0.05, 0) is 74.3 Å². The Bertz CT molecular complexity index is 1040. The molecule has 1 amide bonds.